The maximum atomic E-state index is 11.7. The lowest BCUT2D eigenvalue weighted by Gasteiger charge is -2.11. The number of hydrogen-bond donors (Lipinski definition) is 3. The molecule has 0 aliphatic carbocycles. The molecular formula is C10H19N5O2. The Morgan fingerprint density at radius 1 is 1.71 bits per heavy atom. The minimum Gasteiger partial charge on any atom is -0.396 e. The van der Waals surface area contributed by atoms with Crippen molar-refractivity contribution in [1.29, 1.82) is 0 Å². The summed E-state index contributed by atoms with van der Waals surface area (Å²) in [4.78, 5) is 11.7. The Morgan fingerprint density at radius 3 is 3.12 bits per heavy atom. The van der Waals surface area contributed by atoms with Crippen molar-refractivity contribution in [3.8, 4) is 0 Å². The Kier molecular flexibility index (Phi) is 5.58. The van der Waals surface area contributed by atoms with Crippen LogP contribution >= 0.6 is 0 Å². The van der Waals surface area contributed by atoms with Gasteiger partial charge >= 0.3 is 0 Å². The van der Waals surface area contributed by atoms with Crippen molar-refractivity contribution in [2.75, 3.05) is 13.2 Å². The largest absolute Gasteiger partial charge is 0.396 e. The molecule has 1 atom stereocenters. The zero-order valence-electron chi connectivity index (χ0n) is 9.96. The smallest absolute Gasteiger partial charge is 0.273 e. The topological polar surface area (TPSA) is 106 Å². The van der Waals surface area contributed by atoms with Crippen LogP contribution in [0.2, 0.25) is 0 Å². The molecule has 4 N–H and O–H groups in total. The normalized spacial score (nSPS) is 12.4. The minimum absolute atomic E-state index is 0.00862. The summed E-state index contributed by atoms with van der Waals surface area (Å²) in [7, 11) is 0. The van der Waals surface area contributed by atoms with Gasteiger partial charge in [-0.05, 0) is 19.8 Å². The predicted molar refractivity (Wildman–Crippen MR) is 62.3 cm³/mol. The molecule has 1 heterocycles. The van der Waals surface area contributed by atoms with Gasteiger partial charge in [0.05, 0.1) is 12.7 Å². The summed E-state index contributed by atoms with van der Waals surface area (Å²) in [6.07, 6.45) is 2.97. The van der Waals surface area contributed by atoms with E-state index in [1.807, 2.05) is 6.92 Å². The first-order valence-corrected chi connectivity index (χ1v) is 5.69. The van der Waals surface area contributed by atoms with Gasteiger partial charge in [-0.3, -0.25) is 9.48 Å². The van der Waals surface area contributed by atoms with E-state index in [9.17, 15) is 4.79 Å². The van der Waals surface area contributed by atoms with E-state index >= 15 is 0 Å². The lowest BCUT2D eigenvalue weighted by molar-refractivity contribution is 0.0931. The Bertz CT molecular complexity index is 352. The second kappa shape index (κ2) is 6.97. The zero-order valence-corrected chi connectivity index (χ0v) is 9.96. The van der Waals surface area contributed by atoms with Crippen LogP contribution in [0.5, 0.6) is 0 Å². The number of aliphatic hydroxyl groups is 1. The number of hydrogen-bond acceptors (Lipinski definition) is 5. The molecule has 0 saturated heterocycles. The summed E-state index contributed by atoms with van der Waals surface area (Å²) in [5.41, 5.74) is 5.66. The first-order valence-electron chi connectivity index (χ1n) is 5.69. The van der Waals surface area contributed by atoms with Crippen LogP contribution in [-0.4, -0.2) is 45.2 Å². The number of carbonyl (C=O) groups excluding carboxylic acids is 1. The molecule has 0 aliphatic heterocycles. The third kappa shape index (κ3) is 4.49. The maximum absolute atomic E-state index is 11.7. The van der Waals surface area contributed by atoms with E-state index in [0.717, 1.165) is 6.42 Å². The second-order valence-electron chi connectivity index (χ2n) is 3.90. The highest BCUT2D eigenvalue weighted by Gasteiger charge is 2.13. The van der Waals surface area contributed by atoms with Gasteiger partial charge in [0.1, 0.15) is 0 Å². The van der Waals surface area contributed by atoms with Crippen LogP contribution in [0.15, 0.2) is 6.20 Å². The third-order valence-corrected chi connectivity index (χ3v) is 2.30. The molecular weight excluding hydrogens is 222 g/mol. The second-order valence-corrected chi connectivity index (χ2v) is 3.90. The molecule has 0 aromatic carbocycles. The van der Waals surface area contributed by atoms with Gasteiger partial charge in [0.15, 0.2) is 5.69 Å². The molecule has 1 aromatic rings. The monoisotopic (exact) mass is 241 g/mol. The Labute approximate surface area is 100.0 Å². The number of amides is 1. The van der Waals surface area contributed by atoms with Crippen LogP contribution in [0.25, 0.3) is 0 Å². The molecule has 0 bridgehead atoms. The lowest BCUT2D eigenvalue weighted by Crippen LogP contribution is -2.32. The zero-order chi connectivity index (χ0) is 12.7. The Hall–Kier alpha value is -1.47. The molecule has 0 fully saturated rings. The van der Waals surface area contributed by atoms with Gasteiger partial charge in [-0.2, -0.15) is 0 Å². The van der Waals surface area contributed by atoms with Crippen LogP contribution in [0.4, 0.5) is 0 Å². The van der Waals surface area contributed by atoms with Crippen molar-refractivity contribution in [2.24, 2.45) is 5.73 Å². The average molecular weight is 241 g/mol. The predicted octanol–water partition coefficient (Wildman–Crippen LogP) is -0.872. The summed E-state index contributed by atoms with van der Waals surface area (Å²) in [5, 5.41) is 19.0. The van der Waals surface area contributed by atoms with Gasteiger partial charge in [0, 0.05) is 19.2 Å². The van der Waals surface area contributed by atoms with Crippen LogP contribution < -0.4 is 11.1 Å². The number of carbonyl (C=O) groups is 1. The highest BCUT2D eigenvalue weighted by Crippen LogP contribution is 1.98. The third-order valence-electron chi connectivity index (χ3n) is 2.30. The first-order chi connectivity index (χ1) is 8.17. The van der Waals surface area contributed by atoms with Crippen molar-refractivity contribution in [3.63, 3.8) is 0 Å². The number of rotatable bonds is 7. The summed E-state index contributed by atoms with van der Waals surface area (Å²) in [6.45, 7) is 3.02. The maximum Gasteiger partial charge on any atom is 0.273 e. The van der Waals surface area contributed by atoms with Crippen molar-refractivity contribution in [3.05, 3.63) is 11.9 Å². The quantitative estimate of drug-likeness (QED) is 0.575. The molecule has 0 spiro atoms. The molecule has 96 valence electrons. The van der Waals surface area contributed by atoms with Crippen LogP contribution in [-0.2, 0) is 6.54 Å². The SMILES string of the molecule is CC(CCCO)NC(=O)c1cn(CCN)nn1. The lowest BCUT2D eigenvalue weighted by atomic mass is 10.2. The number of nitrogens with zero attached hydrogens (tertiary/aromatic N) is 3. The van der Waals surface area contributed by atoms with E-state index < -0.39 is 0 Å². The van der Waals surface area contributed by atoms with Crippen molar-refractivity contribution >= 4 is 5.91 Å². The molecule has 7 nitrogen and oxygen atoms in total. The molecule has 1 aromatic heterocycles. The minimum atomic E-state index is -0.251. The molecule has 7 heteroatoms. The van der Waals surface area contributed by atoms with Gasteiger partial charge in [-0.25, -0.2) is 0 Å². The van der Waals surface area contributed by atoms with Gasteiger partial charge in [0.25, 0.3) is 5.91 Å². The Morgan fingerprint density at radius 2 is 2.47 bits per heavy atom. The van der Waals surface area contributed by atoms with E-state index in [1.54, 1.807) is 6.20 Å². The van der Waals surface area contributed by atoms with Crippen LogP contribution in [0, 0.1) is 0 Å². The molecule has 1 amide bonds. The van der Waals surface area contributed by atoms with Gasteiger partial charge in [-0.15, -0.1) is 5.10 Å². The van der Waals surface area contributed by atoms with E-state index in [-0.39, 0.29) is 24.2 Å². The molecule has 0 aliphatic rings. The average Bonchev–Trinajstić information content (AvgIpc) is 2.75. The fourth-order valence-corrected chi connectivity index (χ4v) is 1.41. The summed E-state index contributed by atoms with van der Waals surface area (Å²) < 4.78 is 1.54. The standard InChI is InChI=1S/C10H19N5O2/c1-8(3-2-6-16)12-10(17)9-7-15(5-4-11)14-13-9/h7-8,16H,2-6,11H2,1H3,(H,12,17). The molecule has 0 radical (unpaired) electrons. The van der Waals surface area contributed by atoms with Crippen molar-refractivity contribution in [2.45, 2.75) is 32.4 Å². The highest BCUT2D eigenvalue weighted by molar-refractivity contribution is 5.92. The summed E-state index contributed by atoms with van der Waals surface area (Å²) in [5.74, 6) is -0.251. The van der Waals surface area contributed by atoms with Gasteiger partial charge < -0.3 is 16.2 Å². The molecule has 1 rings (SSSR count). The summed E-state index contributed by atoms with van der Waals surface area (Å²) in [6, 6.07) is 0.00862. The van der Waals surface area contributed by atoms with Crippen molar-refractivity contribution in [1.82, 2.24) is 20.3 Å². The molecule has 0 saturated carbocycles. The van der Waals surface area contributed by atoms with Crippen LogP contribution in [0.1, 0.15) is 30.3 Å². The number of aromatic nitrogens is 3. The van der Waals surface area contributed by atoms with E-state index in [1.165, 1.54) is 4.68 Å². The number of nitrogens with one attached hydrogen (secondary N) is 1. The number of nitrogens with two attached hydrogens (primary N) is 1. The summed E-state index contributed by atoms with van der Waals surface area (Å²) >= 11 is 0. The van der Waals surface area contributed by atoms with Crippen LogP contribution in [0.3, 0.4) is 0 Å². The molecule has 1 unspecified atom stereocenters. The van der Waals surface area contributed by atoms with E-state index in [0.29, 0.717) is 19.5 Å². The number of aliphatic hydroxyl groups excluding tert-OH is 1. The van der Waals surface area contributed by atoms with Crippen molar-refractivity contribution < 1.29 is 9.90 Å². The van der Waals surface area contributed by atoms with Gasteiger partial charge in [0.2, 0.25) is 0 Å². The molecule has 17 heavy (non-hydrogen) atoms. The Balaban J connectivity index is 2.45. The van der Waals surface area contributed by atoms with E-state index in [4.69, 9.17) is 10.8 Å². The van der Waals surface area contributed by atoms with E-state index in [2.05, 4.69) is 15.6 Å². The van der Waals surface area contributed by atoms with Gasteiger partial charge in [-0.1, -0.05) is 5.21 Å². The fraction of sp³-hybridized carbons (Fsp3) is 0.700. The first kappa shape index (κ1) is 13.6. The fourth-order valence-electron chi connectivity index (χ4n) is 1.41. The highest BCUT2D eigenvalue weighted by atomic mass is 16.3.